The Balaban J connectivity index is 1.76. The van der Waals surface area contributed by atoms with Crippen LogP contribution in [0.4, 0.5) is 18.9 Å². The van der Waals surface area contributed by atoms with Gasteiger partial charge >= 0.3 is 6.36 Å². The molecule has 7 heteroatoms. The molecule has 0 aliphatic rings. The third kappa shape index (κ3) is 4.12. The molecule has 1 amide bonds. The van der Waals surface area contributed by atoms with Gasteiger partial charge in [0.25, 0.3) is 0 Å². The van der Waals surface area contributed by atoms with Gasteiger partial charge in [-0.15, -0.1) is 13.2 Å². The van der Waals surface area contributed by atoms with Crippen molar-refractivity contribution in [2.75, 3.05) is 5.32 Å². The lowest BCUT2D eigenvalue weighted by molar-refractivity contribution is -0.274. The Labute approximate surface area is 141 Å². The number of amides is 1. The summed E-state index contributed by atoms with van der Waals surface area (Å²) in [5, 5.41) is 3.23. The van der Waals surface area contributed by atoms with Crippen LogP contribution in [-0.2, 0) is 11.2 Å². The number of fused-ring (bicyclic) bond motifs is 1. The first-order valence-electron chi connectivity index (χ1n) is 7.43. The number of anilines is 1. The number of hydrogen-bond donors (Lipinski definition) is 1. The van der Waals surface area contributed by atoms with Crippen LogP contribution in [0.3, 0.4) is 0 Å². The predicted octanol–water partition coefficient (Wildman–Crippen LogP) is 4.82. The molecule has 0 bridgehead atoms. The number of para-hydroxylation sites is 2. The number of furan rings is 1. The minimum absolute atomic E-state index is 0.0313. The Morgan fingerprint density at radius 3 is 2.72 bits per heavy atom. The molecular formula is C18H14F3NO3. The van der Waals surface area contributed by atoms with E-state index in [-0.39, 0.29) is 12.1 Å². The molecule has 3 aromatic rings. The van der Waals surface area contributed by atoms with Crippen LogP contribution >= 0.6 is 0 Å². The molecule has 25 heavy (non-hydrogen) atoms. The van der Waals surface area contributed by atoms with E-state index >= 15 is 0 Å². The zero-order valence-electron chi connectivity index (χ0n) is 13.2. The maximum absolute atomic E-state index is 12.4. The fourth-order valence-corrected chi connectivity index (χ4v) is 2.48. The van der Waals surface area contributed by atoms with Crippen molar-refractivity contribution in [1.82, 2.24) is 0 Å². The van der Waals surface area contributed by atoms with Gasteiger partial charge in [-0.3, -0.25) is 4.79 Å². The van der Waals surface area contributed by atoms with Crippen LogP contribution in [0.1, 0.15) is 11.1 Å². The van der Waals surface area contributed by atoms with Gasteiger partial charge in [-0.1, -0.05) is 24.3 Å². The summed E-state index contributed by atoms with van der Waals surface area (Å²) in [6, 6.07) is 11.0. The summed E-state index contributed by atoms with van der Waals surface area (Å²) < 4.78 is 46.6. The first kappa shape index (κ1) is 16.9. The van der Waals surface area contributed by atoms with Crippen LogP contribution in [0.5, 0.6) is 5.75 Å². The molecule has 0 aliphatic carbocycles. The molecule has 0 radical (unpaired) electrons. The third-order valence-electron chi connectivity index (χ3n) is 3.55. The number of nitrogens with one attached hydrogen (secondary N) is 1. The zero-order chi connectivity index (χ0) is 18.0. The summed E-state index contributed by atoms with van der Waals surface area (Å²) in [5.74, 6) is -0.933. The second kappa shape index (κ2) is 6.51. The van der Waals surface area contributed by atoms with Crippen molar-refractivity contribution in [3.8, 4) is 5.75 Å². The van der Waals surface area contributed by atoms with E-state index in [0.29, 0.717) is 11.1 Å². The lowest BCUT2D eigenvalue weighted by Crippen LogP contribution is -2.20. The summed E-state index contributed by atoms with van der Waals surface area (Å²) in [7, 11) is 0. The number of carbonyl (C=O) groups is 1. The lowest BCUT2D eigenvalue weighted by Gasteiger charge is -2.13. The highest BCUT2D eigenvalue weighted by molar-refractivity contribution is 5.96. The molecule has 130 valence electrons. The Morgan fingerprint density at radius 2 is 1.96 bits per heavy atom. The molecule has 4 nitrogen and oxygen atoms in total. The summed E-state index contributed by atoms with van der Waals surface area (Å²) >= 11 is 0. The van der Waals surface area contributed by atoms with Crippen LogP contribution in [0.25, 0.3) is 11.0 Å². The summed E-state index contributed by atoms with van der Waals surface area (Å²) in [6.07, 6.45) is -3.39. The van der Waals surface area contributed by atoms with Crippen molar-refractivity contribution < 1.29 is 27.1 Å². The SMILES string of the molecule is Cc1ccc2c(CC(=O)Nc3ccccc3OC(F)(F)F)coc2c1. The van der Waals surface area contributed by atoms with Gasteiger partial charge in [-0.2, -0.15) is 0 Å². The quantitative estimate of drug-likeness (QED) is 0.735. The van der Waals surface area contributed by atoms with E-state index in [1.807, 2.05) is 25.1 Å². The maximum atomic E-state index is 12.4. The van der Waals surface area contributed by atoms with Gasteiger partial charge < -0.3 is 14.5 Å². The highest BCUT2D eigenvalue weighted by atomic mass is 19.4. The van der Waals surface area contributed by atoms with Crippen LogP contribution in [0, 0.1) is 6.92 Å². The molecule has 0 saturated heterocycles. The first-order valence-corrected chi connectivity index (χ1v) is 7.43. The van der Waals surface area contributed by atoms with Gasteiger partial charge in [-0.05, 0) is 30.7 Å². The Hall–Kier alpha value is -2.96. The van der Waals surface area contributed by atoms with E-state index in [4.69, 9.17) is 4.42 Å². The monoisotopic (exact) mass is 349 g/mol. The molecule has 1 heterocycles. The average Bonchev–Trinajstić information content (AvgIpc) is 2.90. The van der Waals surface area contributed by atoms with E-state index in [1.54, 1.807) is 0 Å². The van der Waals surface area contributed by atoms with Crippen LogP contribution < -0.4 is 10.1 Å². The fraction of sp³-hybridized carbons (Fsp3) is 0.167. The molecule has 0 saturated carbocycles. The first-order chi connectivity index (χ1) is 11.8. The number of halogens is 3. The Kier molecular flexibility index (Phi) is 4.39. The van der Waals surface area contributed by atoms with E-state index in [2.05, 4.69) is 10.1 Å². The van der Waals surface area contributed by atoms with Gasteiger partial charge in [0.05, 0.1) is 18.4 Å². The van der Waals surface area contributed by atoms with Gasteiger partial charge in [0.1, 0.15) is 5.58 Å². The van der Waals surface area contributed by atoms with Gasteiger partial charge in [0.15, 0.2) is 5.75 Å². The van der Waals surface area contributed by atoms with Crippen molar-refractivity contribution in [2.24, 2.45) is 0 Å². The number of alkyl halides is 3. The van der Waals surface area contributed by atoms with E-state index in [1.165, 1.54) is 24.5 Å². The van der Waals surface area contributed by atoms with E-state index < -0.39 is 18.0 Å². The molecule has 1 aromatic heterocycles. The number of carbonyl (C=O) groups excluding carboxylic acids is 1. The molecular weight excluding hydrogens is 335 g/mol. The summed E-state index contributed by atoms with van der Waals surface area (Å²) in [5.41, 5.74) is 2.29. The molecule has 0 aliphatic heterocycles. The minimum Gasteiger partial charge on any atom is -0.464 e. The predicted molar refractivity (Wildman–Crippen MR) is 86.4 cm³/mol. The number of benzene rings is 2. The van der Waals surface area contributed by atoms with Crippen molar-refractivity contribution in [3.05, 3.63) is 59.9 Å². The highest BCUT2D eigenvalue weighted by Crippen LogP contribution is 2.30. The number of rotatable bonds is 4. The molecule has 3 rings (SSSR count). The van der Waals surface area contributed by atoms with Crippen molar-refractivity contribution >= 4 is 22.6 Å². The van der Waals surface area contributed by atoms with E-state index in [9.17, 15) is 18.0 Å². The van der Waals surface area contributed by atoms with Crippen LogP contribution in [-0.4, -0.2) is 12.3 Å². The summed E-state index contributed by atoms with van der Waals surface area (Å²) in [6.45, 7) is 1.92. The number of aryl methyl sites for hydroxylation is 1. The van der Waals surface area contributed by atoms with Gasteiger partial charge in [0, 0.05) is 10.9 Å². The largest absolute Gasteiger partial charge is 0.573 e. The molecule has 1 N–H and O–H groups in total. The lowest BCUT2D eigenvalue weighted by atomic mass is 10.1. The minimum atomic E-state index is -4.83. The Morgan fingerprint density at radius 1 is 1.20 bits per heavy atom. The molecule has 0 spiro atoms. The van der Waals surface area contributed by atoms with Gasteiger partial charge in [-0.25, -0.2) is 0 Å². The van der Waals surface area contributed by atoms with Gasteiger partial charge in [0.2, 0.25) is 5.91 Å². The van der Waals surface area contributed by atoms with Crippen molar-refractivity contribution in [3.63, 3.8) is 0 Å². The molecule has 0 fully saturated rings. The fourth-order valence-electron chi connectivity index (χ4n) is 2.48. The molecule has 0 atom stereocenters. The topological polar surface area (TPSA) is 51.5 Å². The second-order valence-electron chi connectivity index (χ2n) is 5.53. The normalized spacial score (nSPS) is 11.5. The Bertz CT molecular complexity index is 915. The maximum Gasteiger partial charge on any atom is 0.573 e. The second-order valence-corrected chi connectivity index (χ2v) is 5.53. The van der Waals surface area contributed by atoms with Crippen molar-refractivity contribution in [2.45, 2.75) is 19.7 Å². The molecule has 2 aromatic carbocycles. The standard InChI is InChI=1S/C18H14F3NO3/c1-11-6-7-13-12(10-24-16(13)8-11)9-17(23)22-14-4-2-3-5-15(14)25-18(19,20)21/h2-8,10H,9H2,1H3,(H,22,23). The highest BCUT2D eigenvalue weighted by Gasteiger charge is 2.32. The average molecular weight is 349 g/mol. The number of ether oxygens (including phenoxy) is 1. The third-order valence-corrected chi connectivity index (χ3v) is 3.55. The van der Waals surface area contributed by atoms with E-state index in [0.717, 1.165) is 17.0 Å². The van der Waals surface area contributed by atoms with Crippen LogP contribution in [0.2, 0.25) is 0 Å². The zero-order valence-corrected chi connectivity index (χ0v) is 13.2. The molecule has 0 unspecified atom stereocenters. The van der Waals surface area contributed by atoms with Crippen LogP contribution in [0.15, 0.2) is 53.1 Å². The van der Waals surface area contributed by atoms with Crippen molar-refractivity contribution in [1.29, 1.82) is 0 Å². The summed E-state index contributed by atoms with van der Waals surface area (Å²) in [4.78, 5) is 12.2. The number of hydrogen-bond acceptors (Lipinski definition) is 3. The smallest absolute Gasteiger partial charge is 0.464 e.